The summed E-state index contributed by atoms with van der Waals surface area (Å²) in [4.78, 5) is 11.6. The zero-order valence-electron chi connectivity index (χ0n) is 11.2. The zero-order valence-corrected chi connectivity index (χ0v) is 11.2. The number of benzene rings is 1. The number of nitrogens with two attached hydrogens (primary N) is 1. The first kappa shape index (κ1) is 14.5. The Labute approximate surface area is 108 Å². The standard InChI is InChI=1S/C14H21NO3/c1-4-13(14(16)17-5-2)18-12-8-6-11(7-9-12)10(3)15/h6-10,13H,4-5,15H2,1-3H3. The minimum absolute atomic E-state index is 0.00826. The van der Waals surface area contributed by atoms with Gasteiger partial charge in [0.05, 0.1) is 6.61 Å². The van der Waals surface area contributed by atoms with Gasteiger partial charge in [0.15, 0.2) is 6.10 Å². The van der Waals surface area contributed by atoms with Crippen molar-refractivity contribution in [3.63, 3.8) is 0 Å². The summed E-state index contributed by atoms with van der Waals surface area (Å²) in [6.45, 7) is 5.95. The molecule has 0 aliphatic heterocycles. The highest BCUT2D eigenvalue weighted by Crippen LogP contribution is 2.18. The van der Waals surface area contributed by atoms with Gasteiger partial charge in [-0.1, -0.05) is 19.1 Å². The fourth-order valence-electron chi connectivity index (χ4n) is 1.55. The zero-order chi connectivity index (χ0) is 13.5. The first-order valence-corrected chi connectivity index (χ1v) is 6.27. The molecule has 0 heterocycles. The molecule has 0 spiro atoms. The van der Waals surface area contributed by atoms with Crippen LogP contribution >= 0.6 is 0 Å². The van der Waals surface area contributed by atoms with Gasteiger partial charge >= 0.3 is 5.97 Å². The number of esters is 1. The topological polar surface area (TPSA) is 61.5 Å². The van der Waals surface area contributed by atoms with Crippen LogP contribution in [0.4, 0.5) is 0 Å². The summed E-state index contributed by atoms with van der Waals surface area (Å²) in [5, 5.41) is 0. The van der Waals surface area contributed by atoms with Crippen molar-refractivity contribution < 1.29 is 14.3 Å². The average Bonchev–Trinajstić information content (AvgIpc) is 2.36. The molecule has 0 fully saturated rings. The van der Waals surface area contributed by atoms with E-state index in [-0.39, 0.29) is 12.0 Å². The molecule has 100 valence electrons. The number of carbonyl (C=O) groups is 1. The molecule has 0 aliphatic carbocycles. The lowest BCUT2D eigenvalue weighted by molar-refractivity contribution is -0.151. The molecule has 2 unspecified atom stereocenters. The van der Waals surface area contributed by atoms with Crippen molar-refractivity contribution in [3.8, 4) is 5.75 Å². The van der Waals surface area contributed by atoms with Gasteiger partial charge in [0.2, 0.25) is 0 Å². The summed E-state index contributed by atoms with van der Waals surface area (Å²) >= 11 is 0. The molecule has 0 amide bonds. The van der Waals surface area contributed by atoms with Crippen LogP contribution in [-0.4, -0.2) is 18.7 Å². The molecule has 0 aliphatic rings. The number of rotatable bonds is 6. The van der Waals surface area contributed by atoms with Crippen molar-refractivity contribution in [2.24, 2.45) is 5.73 Å². The van der Waals surface area contributed by atoms with Crippen molar-refractivity contribution in [1.29, 1.82) is 0 Å². The summed E-state index contributed by atoms with van der Waals surface area (Å²) in [6, 6.07) is 7.43. The molecule has 0 saturated heterocycles. The van der Waals surface area contributed by atoms with Crippen LogP contribution < -0.4 is 10.5 Å². The van der Waals surface area contributed by atoms with E-state index < -0.39 is 6.10 Å². The molecule has 4 nitrogen and oxygen atoms in total. The lowest BCUT2D eigenvalue weighted by atomic mass is 10.1. The third kappa shape index (κ3) is 4.04. The second-order valence-corrected chi connectivity index (χ2v) is 4.12. The largest absolute Gasteiger partial charge is 0.479 e. The Hall–Kier alpha value is -1.55. The molecule has 0 aromatic heterocycles. The Morgan fingerprint density at radius 1 is 1.28 bits per heavy atom. The van der Waals surface area contributed by atoms with Gasteiger partial charge in [-0.15, -0.1) is 0 Å². The Kier molecular flexibility index (Phi) is 5.65. The number of hydrogen-bond acceptors (Lipinski definition) is 4. The van der Waals surface area contributed by atoms with Gasteiger partial charge in [0.1, 0.15) is 5.75 Å². The van der Waals surface area contributed by atoms with Gasteiger partial charge in [-0.2, -0.15) is 0 Å². The van der Waals surface area contributed by atoms with Gasteiger partial charge in [0.25, 0.3) is 0 Å². The monoisotopic (exact) mass is 251 g/mol. The fraction of sp³-hybridized carbons (Fsp3) is 0.500. The third-order valence-corrected chi connectivity index (χ3v) is 2.60. The van der Waals surface area contributed by atoms with E-state index in [1.807, 2.05) is 38.1 Å². The van der Waals surface area contributed by atoms with E-state index in [1.54, 1.807) is 6.92 Å². The second-order valence-electron chi connectivity index (χ2n) is 4.12. The minimum atomic E-state index is -0.550. The van der Waals surface area contributed by atoms with E-state index in [1.165, 1.54) is 0 Å². The second kappa shape index (κ2) is 7.01. The van der Waals surface area contributed by atoms with Crippen molar-refractivity contribution >= 4 is 5.97 Å². The summed E-state index contributed by atoms with van der Waals surface area (Å²) in [5.74, 6) is 0.329. The van der Waals surface area contributed by atoms with Gasteiger partial charge in [-0.25, -0.2) is 4.79 Å². The molecule has 0 saturated carbocycles. The summed E-state index contributed by atoms with van der Waals surface area (Å²) in [6.07, 6.45) is 0.0274. The Bertz CT molecular complexity index is 373. The van der Waals surface area contributed by atoms with Crippen LogP contribution in [0.2, 0.25) is 0 Å². The van der Waals surface area contributed by atoms with Crippen LogP contribution in [-0.2, 0) is 9.53 Å². The van der Waals surface area contributed by atoms with E-state index in [4.69, 9.17) is 15.2 Å². The highest BCUT2D eigenvalue weighted by atomic mass is 16.6. The van der Waals surface area contributed by atoms with Crippen LogP contribution in [0.1, 0.15) is 38.8 Å². The van der Waals surface area contributed by atoms with Crippen LogP contribution in [0.15, 0.2) is 24.3 Å². The van der Waals surface area contributed by atoms with Gasteiger partial charge < -0.3 is 15.2 Å². The molecule has 1 aromatic rings. The lowest BCUT2D eigenvalue weighted by Gasteiger charge is -2.16. The molecule has 0 bridgehead atoms. The maximum atomic E-state index is 11.6. The van der Waals surface area contributed by atoms with E-state index in [2.05, 4.69) is 0 Å². The van der Waals surface area contributed by atoms with Gasteiger partial charge in [-0.05, 0) is 38.0 Å². The molecular weight excluding hydrogens is 230 g/mol. The highest BCUT2D eigenvalue weighted by molar-refractivity contribution is 5.75. The lowest BCUT2D eigenvalue weighted by Crippen LogP contribution is -2.28. The Balaban J connectivity index is 2.67. The summed E-state index contributed by atoms with van der Waals surface area (Å²) < 4.78 is 10.5. The maximum absolute atomic E-state index is 11.6. The normalized spacial score (nSPS) is 13.8. The van der Waals surface area contributed by atoms with Crippen molar-refractivity contribution in [1.82, 2.24) is 0 Å². The predicted octanol–water partition coefficient (Wildman–Crippen LogP) is 2.43. The predicted molar refractivity (Wildman–Crippen MR) is 70.4 cm³/mol. The summed E-state index contributed by atoms with van der Waals surface area (Å²) in [7, 11) is 0. The fourth-order valence-corrected chi connectivity index (χ4v) is 1.55. The summed E-state index contributed by atoms with van der Waals surface area (Å²) in [5.41, 5.74) is 6.80. The van der Waals surface area contributed by atoms with Crippen LogP contribution in [0.5, 0.6) is 5.75 Å². The van der Waals surface area contributed by atoms with Crippen LogP contribution in [0.25, 0.3) is 0 Å². The van der Waals surface area contributed by atoms with Crippen molar-refractivity contribution in [2.45, 2.75) is 39.3 Å². The first-order chi connectivity index (χ1) is 8.58. The molecular formula is C14H21NO3. The number of ether oxygens (including phenoxy) is 2. The average molecular weight is 251 g/mol. The number of hydrogen-bond donors (Lipinski definition) is 1. The van der Waals surface area contributed by atoms with Crippen LogP contribution in [0, 0.1) is 0 Å². The smallest absolute Gasteiger partial charge is 0.347 e. The third-order valence-electron chi connectivity index (χ3n) is 2.60. The molecule has 1 aromatic carbocycles. The SMILES string of the molecule is CCOC(=O)C(CC)Oc1ccc(C(C)N)cc1. The number of carbonyl (C=O) groups excluding carboxylic acids is 1. The molecule has 0 radical (unpaired) electrons. The van der Waals surface area contributed by atoms with E-state index in [9.17, 15) is 4.79 Å². The molecule has 18 heavy (non-hydrogen) atoms. The quantitative estimate of drug-likeness (QED) is 0.789. The Morgan fingerprint density at radius 3 is 2.33 bits per heavy atom. The maximum Gasteiger partial charge on any atom is 0.347 e. The molecule has 4 heteroatoms. The molecule has 2 atom stereocenters. The van der Waals surface area contributed by atoms with E-state index >= 15 is 0 Å². The highest BCUT2D eigenvalue weighted by Gasteiger charge is 2.19. The van der Waals surface area contributed by atoms with Gasteiger partial charge in [-0.3, -0.25) is 0 Å². The molecule has 1 rings (SSSR count). The Morgan fingerprint density at radius 2 is 1.89 bits per heavy atom. The first-order valence-electron chi connectivity index (χ1n) is 6.27. The van der Waals surface area contributed by atoms with Crippen molar-refractivity contribution in [3.05, 3.63) is 29.8 Å². The van der Waals surface area contributed by atoms with Gasteiger partial charge in [0, 0.05) is 6.04 Å². The van der Waals surface area contributed by atoms with Crippen molar-refractivity contribution in [2.75, 3.05) is 6.61 Å². The van der Waals surface area contributed by atoms with Crippen LogP contribution in [0.3, 0.4) is 0 Å². The van der Waals surface area contributed by atoms with E-state index in [0.29, 0.717) is 18.8 Å². The van der Waals surface area contributed by atoms with E-state index in [0.717, 1.165) is 5.56 Å². The minimum Gasteiger partial charge on any atom is -0.479 e. The molecule has 2 N–H and O–H groups in total.